The molecule has 0 bridgehead atoms. The number of ether oxygens (including phenoxy) is 1. The molecule has 6 heteroatoms. The van der Waals surface area contributed by atoms with Gasteiger partial charge in [-0.2, -0.15) is 5.10 Å². The Morgan fingerprint density at radius 2 is 1.48 bits per heavy atom. The molecule has 1 heterocycles. The van der Waals surface area contributed by atoms with Crippen molar-refractivity contribution in [2.45, 2.75) is 0 Å². The number of hydrogen-bond acceptors (Lipinski definition) is 4. The molecule has 0 amide bonds. The van der Waals surface area contributed by atoms with Crippen molar-refractivity contribution in [1.29, 1.82) is 0 Å². The zero-order valence-electron chi connectivity index (χ0n) is 14.4. The lowest BCUT2D eigenvalue weighted by molar-refractivity contribution is 0.415. The van der Waals surface area contributed by atoms with E-state index in [1.54, 1.807) is 7.11 Å². The van der Waals surface area contributed by atoms with E-state index < -0.39 is 0 Å². The number of benzene rings is 3. The summed E-state index contributed by atoms with van der Waals surface area (Å²) >= 11 is 12.2. The molecular formula is C21H15Cl2N3O. The first-order valence-corrected chi connectivity index (χ1v) is 9.02. The maximum absolute atomic E-state index is 6.24. The summed E-state index contributed by atoms with van der Waals surface area (Å²) in [5, 5.41) is 5.91. The standard InChI is InChI=1S/C21H15Cl2N3O/c1-27-17-9-4-13(5-10-17)20-18-12-16(23)8-11-19(18)24-21(26-25-20)14-2-6-15(22)7-3-14/h2-12H,1H3,(H,24,26). The zero-order valence-corrected chi connectivity index (χ0v) is 15.9. The second kappa shape index (κ2) is 7.43. The molecule has 4 rings (SSSR count). The van der Waals surface area contributed by atoms with E-state index >= 15 is 0 Å². The highest BCUT2D eigenvalue weighted by Gasteiger charge is 2.18. The monoisotopic (exact) mass is 395 g/mol. The van der Waals surface area contributed by atoms with E-state index in [1.807, 2.05) is 66.7 Å². The van der Waals surface area contributed by atoms with Gasteiger partial charge >= 0.3 is 0 Å². The third-order valence-corrected chi connectivity index (χ3v) is 4.69. The Bertz CT molecular complexity index is 1040. The summed E-state index contributed by atoms with van der Waals surface area (Å²) in [7, 11) is 1.64. The number of hydrazone groups is 1. The molecule has 27 heavy (non-hydrogen) atoms. The maximum Gasteiger partial charge on any atom is 0.154 e. The topological polar surface area (TPSA) is 46.0 Å². The Morgan fingerprint density at radius 3 is 2.19 bits per heavy atom. The Hall–Kier alpha value is -2.82. The third-order valence-electron chi connectivity index (χ3n) is 4.20. The molecular weight excluding hydrogens is 381 g/mol. The molecule has 4 nitrogen and oxygen atoms in total. The van der Waals surface area contributed by atoms with Gasteiger partial charge in [-0.1, -0.05) is 23.2 Å². The normalized spacial score (nSPS) is 13.0. The van der Waals surface area contributed by atoms with Gasteiger partial charge < -0.3 is 4.74 Å². The minimum absolute atomic E-state index is 0.625. The molecule has 3 aromatic rings. The first kappa shape index (κ1) is 17.6. The van der Waals surface area contributed by atoms with E-state index in [2.05, 4.69) is 10.5 Å². The SMILES string of the molecule is COc1ccc(C2=NNC(c3ccc(Cl)cc3)=Nc3ccc(Cl)cc32)cc1. The van der Waals surface area contributed by atoms with Crippen molar-refractivity contribution in [3.05, 3.63) is 93.5 Å². The predicted octanol–water partition coefficient (Wildman–Crippen LogP) is 5.44. The van der Waals surface area contributed by atoms with Crippen molar-refractivity contribution in [2.24, 2.45) is 10.1 Å². The smallest absolute Gasteiger partial charge is 0.154 e. The fourth-order valence-electron chi connectivity index (χ4n) is 2.82. The summed E-state index contributed by atoms with van der Waals surface area (Å²) in [5.41, 5.74) is 7.29. The number of nitrogens with zero attached hydrogens (tertiary/aromatic N) is 2. The highest BCUT2D eigenvalue weighted by molar-refractivity contribution is 6.32. The van der Waals surface area contributed by atoms with Crippen LogP contribution < -0.4 is 10.2 Å². The molecule has 3 aromatic carbocycles. The van der Waals surface area contributed by atoms with E-state index in [4.69, 9.17) is 32.9 Å². The van der Waals surface area contributed by atoms with Crippen LogP contribution in [0.3, 0.4) is 0 Å². The fraction of sp³-hybridized carbons (Fsp3) is 0.0476. The highest BCUT2D eigenvalue weighted by Crippen LogP contribution is 2.29. The summed E-state index contributed by atoms with van der Waals surface area (Å²) in [6.45, 7) is 0. The number of amidine groups is 1. The summed E-state index contributed by atoms with van der Waals surface area (Å²) in [5.74, 6) is 1.42. The van der Waals surface area contributed by atoms with Crippen LogP contribution in [0.25, 0.3) is 0 Å². The number of aliphatic imine (C=N–C) groups is 1. The van der Waals surface area contributed by atoms with E-state index in [0.29, 0.717) is 15.9 Å². The van der Waals surface area contributed by atoms with Crippen molar-refractivity contribution in [3.63, 3.8) is 0 Å². The lowest BCUT2D eigenvalue weighted by Crippen LogP contribution is -2.19. The van der Waals surface area contributed by atoms with Crippen LogP contribution in [0.15, 0.2) is 76.8 Å². The van der Waals surface area contributed by atoms with Crippen LogP contribution in [0, 0.1) is 0 Å². The minimum atomic E-state index is 0.625. The molecule has 0 radical (unpaired) electrons. The van der Waals surface area contributed by atoms with Crippen LogP contribution in [-0.2, 0) is 0 Å². The summed E-state index contributed by atoms with van der Waals surface area (Å²) in [4.78, 5) is 4.75. The van der Waals surface area contributed by atoms with E-state index in [0.717, 1.165) is 33.8 Å². The second-order valence-electron chi connectivity index (χ2n) is 5.93. The van der Waals surface area contributed by atoms with Gasteiger partial charge in [0, 0.05) is 26.7 Å². The molecule has 0 aliphatic carbocycles. The van der Waals surface area contributed by atoms with Gasteiger partial charge in [0.15, 0.2) is 5.84 Å². The summed E-state index contributed by atoms with van der Waals surface area (Å²) < 4.78 is 5.24. The molecule has 0 saturated heterocycles. The van der Waals surface area contributed by atoms with Crippen molar-refractivity contribution < 1.29 is 4.74 Å². The lowest BCUT2D eigenvalue weighted by atomic mass is 10.0. The van der Waals surface area contributed by atoms with Crippen LogP contribution in [-0.4, -0.2) is 18.7 Å². The average molecular weight is 396 g/mol. The van der Waals surface area contributed by atoms with Gasteiger partial charge in [-0.15, -0.1) is 0 Å². The average Bonchev–Trinajstić information content (AvgIpc) is 2.88. The fourth-order valence-corrected chi connectivity index (χ4v) is 3.11. The van der Waals surface area contributed by atoms with Gasteiger partial charge in [-0.3, -0.25) is 5.43 Å². The van der Waals surface area contributed by atoms with Crippen molar-refractivity contribution in [1.82, 2.24) is 5.43 Å². The van der Waals surface area contributed by atoms with Crippen LogP contribution >= 0.6 is 23.2 Å². The molecule has 0 atom stereocenters. The second-order valence-corrected chi connectivity index (χ2v) is 6.80. The van der Waals surface area contributed by atoms with Crippen LogP contribution in [0.4, 0.5) is 5.69 Å². The maximum atomic E-state index is 6.24. The molecule has 0 saturated carbocycles. The molecule has 1 aliphatic heterocycles. The van der Waals surface area contributed by atoms with Crippen molar-refractivity contribution >= 4 is 40.4 Å². The molecule has 134 valence electrons. The van der Waals surface area contributed by atoms with Crippen LogP contribution in [0.5, 0.6) is 5.75 Å². The minimum Gasteiger partial charge on any atom is -0.497 e. The van der Waals surface area contributed by atoms with Gasteiger partial charge in [0.05, 0.1) is 12.8 Å². The quantitative estimate of drug-likeness (QED) is 0.641. The Labute approximate surface area is 167 Å². The van der Waals surface area contributed by atoms with Crippen molar-refractivity contribution in [3.8, 4) is 5.75 Å². The lowest BCUT2D eigenvalue weighted by Gasteiger charge is -2.09. The van der Waals surface area contributed by atoms with Gasteiger partial charge in [-0.25, -0.2) is 4.99 Å². The largest absolute Gasteiger partial charge is 0.497 e. The Balaban J connectivity index is 1.83. The summed E-state index contributed by atoms with van der Waals surface area (Å²) in [6, 6.07) is 20.7. The van der Waals surface area contributed by atoms with Gasteiger partial charge in [0.25, 0.3) is 0 Å². The third kappa shape index (κ3) is 3.68. The van der Waals surface area contributed by atoms with Gasteiger partial charge in [-0.05, 0) is 66.7 Å². The van der Waals surface area contributed by atoms with Crippen LogP contribution in [0.2, 0.25) is 10.0 Å². The number of fused-ring (bicyclic) bond motifs is 1. The Kier molecular flexibility index (Phi) is 4.84. The van der Waals surface area contributed by atoms with E-state index in [-0.39, 0.29) is 0 Å². The first-order chi connectivity index (χ1) is 13.1. The molecule has 0 aromatic heterocycles. The number of rotatable bonds is 3. The van der Waals surface area contributed by atoms with Gasteiger partial charge in [0.1, 0.15) is 11.5 Å². The number of hydrogen-bond donors (Lipinski definition) is 1. The van der Waals surface area contributed by atoms with Crippen LogP contribution in [0.1, 0.15) is 16.7 Å². The van der Waals surface area contributed by atoms with Crippen molar-refractivity contribution in [2.75, 3.05) is 7.11 Å². The highest BCUT2D eigenvalue weighted by atomic mass is 35.5. The zero-order chi connectivity index (χ0) is 18.8. The van der Waals surface area contributed by atoms with E-state index in [9.17, 15) is 0 Å². The molecule has 0 unspecified atom stereocenters. The summed E-state index contributed by atoms with van der Waals surface area (Å²) in [6.07, 6.45) is 0. The number of methoxy groups -OCH3 is 1. The molecule has 1 N–H and O–H groups in total. The molecule has 1 aliphatic rings. The molecule has 0 spiro atoms. The van der Waals surface area contributed by atoms with E-state index in [1.165, 1.54) is 0 Å². The number of nitrogens with one attached hydrogen (secondary N) is 1. The molecule has 0 fully saturated rings. The van der Waals surface area contributed by atoms with Gasteiger partial charge in [0.2, 0.25) is 0 Å². The Morgan fingerprint density at radius 1 is 0.815 bits per heavy atom. The first-order valence-electron chi connectivity index (χ1n) is 8.27. The number of halogens is 2. The predicted molar refractivity (Wildman–Crippen MR) is 111 cm³/mol.